The van der Waals surface area contributed by atoms with Crippen molar-refractivity contribution >= 4 is 33.5 Å². The molecule has 1 rings (SSSR count). The van der Waals surface area contributed by atoms with E-state index < -0.39 is 28.5 Å². The minimum atomic E-state index is -3.82. The second-order valence-electron chi connectivity index (χ2n) is 3.91. The molecule has 2 N–H and O–H groups in total. The van der Waals surface area contributed by atoms with E-state index in [1.54, 1.807) is 0 Å². The predicted octanol–water partition coefficient (Wildman–Crippen LogP) is 0.154. The van der Waals surface area contributed by atoms with Crippen LogP contribution in [-0.4, -0.2) is 40.5 Å². The Hall–Kier alpha value is -2.08. The number of carbonyl (C=O) groups excluding carboxylic acids is 2. The van der Waals surface area contributed by atoms with Crippen molar-refractivity contribution in [1.82, 2.24) is 10.0 Å². The molecule has 0 bridgehead atoms. The molecule has 1 amide bonds. The number of amides is 1. The first kappa shape index (κ1) is 18.0. The molecule has 22 heavy (non-hydrogen) atoms. The number of ether oxygens (including phenoxy) is 1. The van der Waals surface area contributed by atoms with Gasteiger partial charge in [0.2, 0.25) is 10.0 Å². The number of sulfonamides is 1. The van der Waals surface area contributed by atoms with E-state index in [-0.39, 0.29) is 22.0 Å². The lowest BCUT2D eigenvalue weighted by Gasteiger charge is -2.08. The van der Waals surface area contributed by atoms with Crippen LogP contribution in [0.3, 0.4) is 0 Å². The summed E-state index contributed by atoms with van der Waals surface area (Å²) in [7, 11) is -2.60. The first-order chi connectivity index (χ1) is 10.3. The lowest BCUT2D eigenvalue weighted by Crippen LogP contribution is -2.29. The maximum Gasteiger partial charge on any atom is 0.338 e. The van der Waals surface area contributed by atoms with E-state index in [4.69, 9.17) is 22.8 Å². The van der Waals surface area contributed by atoms with Gasteiger partial charge in [0.15, 0.2) is 6.61 Å². The average molecular weight is 345 g/mol. The number of hydrogen-bond donors (Lipinski definition) is 2. The summed E-state index contributed by atoms with van der Waals surface area (Å²) in [5.74, 6) is 0.767. The molecule has 0 radical (unpaired) electrons. The quantitative estimate of drug-likeness (QED) is 0.565. The van der Waals surface area contributed by atoms with Crippen molar-refractivity contribution in [2.45, 2.75) is 4.90 Å². The number of benzene rings is 1. The molecule has 0 aliphatic heterocycles. The summed E-state index contributed by atoms with van der Waals surface area (Å²) in [6.45, 7) is -0.515. The zero-order chi connectivity index (χ0) is 16.8. The van der Waals surface area contributed by atoms with Crippen LogP contribution in [0.15, 0.2) is 23.1 Å². The first-order valence-corrected chi connectivity index (χ1v) is 7.78. The fourth-order valence-corrected chi connectivity index (χ4v) is 2.61. The minimum absolute atomic E-state index is 0.0158. The molecule has 0 saturated carbocycles. The molecule has 0 aliphatic rings. The Labute approximate surface area is 133 Å². The fourth-order valence-electron chi connectivity index (χ4n) is 1.36. The van der Waals surface area contributed by atoms with Gasteiger partial charge in [0.1, 0.15) is 4.90 Å². The Morgan fingerprint density at radius 3 is 2.68 bits per heavy atom. The largest absolute Gasteiger partial charge is 0.452 e. The SMILES string of the molecule is C#CCNC(=O)COC(=O)c1ccc(Cl)c(S(=O)(=O)NC)c1. The van der Waals surface area contributed by atoms with Gasteiger partial charge >= 0.3 is 5.97 Å². The van der Waals surface area contributed by atoms with Gasteiger partial charge < -0.3 is 10.1 Å². The fraction of sp³-hybridized carbons (Fsp3) is 0.231. The summed E-state index contributed by atoms with van der Waals surface area (Å²) in [6.07, 6.45) is 4.96. The lowest BCUT2D eigenvalue weighted by atomic mass is 10.2. The smallest absolute Gasteiger partial charge is 0.338 e. The normalized spacial score (nSPS) is 10.6. The molecule has 0 aromatic heterocycles. The topological polar surface area (TPSA) is 102 Å². The van der Waals surface area contributed by atoms with Crippen LogP contribution in [0.25, 0.3) is 0 Å². The number of nitrogens with one attached hydrogen (secondary N) is 2. The number of rotatable bonds is 6. The molecule has 0 unspecified atom stereocenters. The average Bonchev–Trinajstić information content (AvgIpc) is 2.50. The monoisotopic (exact) mass is 344 g/mol. The molecule has 9 heteroatoms. The van der Waals surface area contributed by atoms with Gasteiger partial charge in [-0.25, -0.2) is 17.9 Å². The van der Waals surface area contributed by atoms with E-state index in [1.165, 1.54) is 19.2 Å². The van der Waals surface area contributed by atoms with Gasteiger partial charge in [-0.2, -0.15) is 0 Å². The molecule has 1 aromatic carbocycles. The highest BCUT2D eigenvalue weighted by Gasteiger charge is 2.19. The number of terminal acetylenes is 1. The molecule has 118 valence electrons. The van der Waals surface area contributed by atoms with Gasteiger partial charge in [-0.1, -0.05) is 17.5 Å². The number of halogens is 1. The summed E-state index contributed by atoms with van der Waals surface area (Å²) >= 11 is 5.79. The van der Waals surface area contributed by atoms with Crippen molar-refractivity contribution in [1.29, 1.82) is 0 Å². The second-order valence-corrected chi connectivity index (χ2v) is 6.17. The predicted molar refractivity (Wildman–Crippen MR) is 79.8 cm³/mol. The number of esters is 1. The molecule has 0 saturated heterocycles. The number of hydrogen-bond acceptors (Lipinski definition) is 5. The molecular weight excluding hydrogens is 332 g/mol. The highest BCUT2D eigenvalue weighted by atomic mass is 35.5. The third kappa shape index (κ3) is 4.73. The Morgan fingerprint density at radius 1 is 1.41 bits per heavy atom. The lowest BCUT2D eigenvalue weighted by molar-refractivity contribution is -0.123. The molecule has 0 aliphatic carbocycles. The van der Waals surface area contributed by atoms with Crippen LogP contribution in [0.5, 0.6) is 0 Å². The highest BCUT2D eigenvalue weighted by Crippen LogP contribution is 2.22. The van der Waals surface area contributed by atoms with Crippen molar-refractivity contribution < 1.29 is 22.7 Å². The van der Waals surface area contributed by atoms with Crippen molar-refractivity contribution in [3.8, 4) is 12.3 Å². The van der Waals surface area contributed by atoms with Crippen LogP contribution < -0.4 is 10.0 Å². The van der Waals surface area contributed by atoms with Crippen LogP contribution >= 0.6 is 11.6 Å². The van der Waals surface area contributed by atoms with Crippen LogP contribution in [0.2, 0.25) is 5.02 Å². The maximum absolute atomic E-state index is 11.8. The van der Waals surface area contributed by atoms with Gasteiger partial charge in [0, 0.05) is 0 Å². The van der Waals surface area contributed by atoms with Gasteiger partial charge in [0.05, 0.1) is 17.1 Å². The standard InChI is InChI=1S/C13H13ClN2O5S/c1-3-6-16-12(17)8-21-13(18)9-4-5-10(14)11(7-9)22(19,20)15-2/h1,4-5,7,15H,6,8H2,2H3,(H,16,17). The van der Waals surface area contributed by atoms with Crippen molar-refractivity contribution in [2.24, 2.45) is 0 Å². The molecule has 0 atom stereocenters. The Kier molecular flexibility index (Phi) is 6.37. The molecule has 0 heterocycles. The summed E-state index contributed by atoms with van der Waals surface area (Å²) in [4.78, 5) is 22.8. The zero-order valence-electron chi connectivity index (χ0n) is 11.6. The Bertz CT molecular complexity index is 724. The zero-order valence-corrected chi connectivity index (χ0v) is 13.1. The van der Waals surface area contributed by atoms with Gasteiger partial charge in [0.25, 0.3) is 5.91 Å². The molecule has 0 spiro atoms. The van der Waals surface area contributed by atoms with E-state index in [9.17, 15) is 18.0 Å². The summed E-state index contributed by atoms with van der Waals surface area (Å²) < 4.78 is 30.3. The van der Waals surface area contributed by atoms with Crippen molar-refractivity contribution in [3.05, 3.63) is 28.8 Å². The van der Waals surface area contributed by atoms with Gasteiger partial charge in [-0.05, 0) is 25.2 Å². The van der Waals surface area contributed by atoms with E-state index in [1.807, 2.05) is 0 Å². The van der Waals surface area contributed by atoms with E-state index in [0.717, 1.165) is 6.07 Å². The van der Waals surface area contributed by atoms with E-state index >= 15 is 0 Å². The molecule has 0 fully saturated rings. The molecular formula is C13H13ClN2O5S. The van der Waals surface area contributed by atoms with E-state index in [2.05, 4.69) is 16.0 Å². The molecule has 1 aromatic rings. The van der Waals surface area contributed by atoms with Crippen LogP contribution in [0.4, 0.5) is 0 Å². The second kappa shape index (κ2) is 7.79. The Morgan fingerprint density at radius 2 is 2.09 bits per heavy atom. The van der Waals surface area contributed by atoms with Crippen LogP contribution in [-0.2, 0) is 19.6 Å². The highest BCUT2D eigenvalue weighted by molar-refractivity contribution is 7.89. The third-order valence-electron chi connectivity index (χ3n) is 2.45. The van der Waals surface area contributed by atoms with Crippen molar-refractivity contribution in [3.63, 3.8) is 0 Å². The van der Waals surface area contributed by atoms with E-state index in [0.29, 0.717) is 0 Å². The first-order valence-electron chi connectivity index (χ1n) is 5.92. The van der Waals surface area contributed by atoms with Crippen LogP contribution in [0, 0.1) is 12.3 Å². The van der Waals surface area contributed by atoms with Crippen molar-refractivity contribution in [2.75, 3.05) is 20.2 Å². The minimum Gasteiger partial charge on any atom is -0.452 e. The maximum atomic E-state index is 11.8. The third-order valence-corrected chi connectivity index (χ3v) is 4.34. The Balaban J connectivity index is 2.86. The van der Waals surface area contributed by atoms with Gasteiger partial charge in [-0.3, -0.25) is 4.79 Å². The summed E-state index contributed by atoms with van der Waals surface area (Å²) in [6, 6.07) is 3.61. The van der Waals surface area contributed by atoms with Crippen LogP contribution in [0.1, 0.15) is 10.4 Å². The number of carbonyl (C=O) groups is 2. The summed E-state index contributed by atoms with van der Waals surface area (Å²) in [5.41, 5.74) is -0.0528. The summed E-state index contributed by atoms with van der Waals surface area (Å²) in [5, 5.41) is 2.27. The van der Waals surface area contributed by atoms with Gasteiger partial charge in [-0.15, -0.1) is 6.42 Å². The molecule has 7 nitrogen and oxygen atoms in total.